The molecule has 0 saturated carbocycles. The van der Waals surface area contributed by atoms with Gasteiger partial charge in [0.25, 0.3) is 0 Å². The summed E-state index contributed by atoms with van der Waals surface area (Å²) in [5.74, 6) is 0. The van der Waals surface area contributed by atoms with Crippen LogP contribution in [0, 0.1) is 0 Å². The van der Waals surface area contributed by atoms with Gasteiger partial charge in [0, 0.05) is 69.4 Å². The molecule has 1 aromatic carbocycles. The van der Waals surface area contributed by atoms with E-state index >= 15 is 0 Å². The first-order valence-corrected chi connectivity index (χ1v) is 18.0. The van der Waals surface area contributed by atoms with E-state index in [2.05, 4.69) is 19.9 Å². The summed E-state index contributed by atoms with van der Waals surface area (Å²) in [5.41, 5.74) is 5.33. The van der Waals surface area contributed by atoms with Crippen molar-refractivity contribution < 1.29 is 27.6 Å². The summed E-state index contributed by atoms with van der Waals surface area (Å²) in [7, 11) is -1.22. The second-order valence-electron chi connectivity index (χ2n) is 11.1. The lowest BCUT2D eigenvalue weighted by atomic mass is 9.73. The number of nitrogens with one attached hydrogen (secondary N) is 4. The van der Waals surface area contributed by atoms with Crippen molar-refractivity contribution in [1.82, 2.24) is 19.9 Å². The zero-order valence-corrected chi connectivity index (χ0v) is 28.1. The lowest BCUT2D eigenvalue weighted by Crippen LogP contribution is -2.29. The highest BCUT2D eigenvalue weighted by Crippen LogP contribution is 2.41. The maximum atomic E-state index is 11.4. The summed E-state index contributed by atoms with van der Waals surface area (Å²) >= 11 is 0. The van der Waals surface area contributed by atoms with Gasteiger partial charge in [-0.05, 0) is 73.5 Å². The van der Waals surface area contributed by atoms with Gasteiger partial charge in [-0.15, -0.1) is 0 Å². The molecule has 4 aromatic heterocycles. The SMILES string of the molecule is CC(c1ccc(C(C)(c2ccc(C=O)[nH]2)c2ccc(C=O)[nH]2)cc1)(c1ccc(C=O)[nH]1)c1ccc(C=O)[nH]1.CS(C)=O.CS(C)=O. The lowest BCUT2D eigenvalue weighted by molar-refractivity contribution is 0.111. The second kappa shape index (κ2) is 15.5. The quantitative estimate of drug-likeness (QED) is 0.155. The minimum absolute atomic E-state index is 0.452. The number of benzene rings is 1. The van der Waals surface area contributed by atoms with Gasteiger partial charge < -0.3 is 19.9 Å². The molecule has 0 saturated heterocycles. The van der Waals surface area contributed by atoms with Gasteiger partial charge in [-0.1, -0.05) is 24.3 Å². The highest BCUT2D eigenvalue weighted by atomic mass is 32.2. The average Bonchev–Trinajstić information content (AvgIpc) is 3.86. The van der Waals surface area contributed by atoms with Crippen molar-refractivity contribution in [2.75, 3.05) is 25.0 Å². The number of carbonyl (C=O) groups is 4. The van der Waals surface area contributed by atoms with Crippen LogP contribution in [0.4, 0.5) is 0 Å². The maximum absolute atomic E-state index is 11.4. The van der Waals surface area contributed by atoms with Gasteiger partial charge in [0.15, 0.2) is 25.1 Å². The number of aromatic amines is 4. The first-order chi connectivity index (χ1) is 21.8. The van der Waals surface area contributed by atoms with E-state index < -0.39 is 32.4 Å². The van der Waals surface area contributed by atoms with Crippen LogP contribution in [-0.4, -0.2) is 78.5 Å². The minimum atomic E-state index is -0.730. The Morgan fingerprint density at radius 1 is 0.435 bits per heavy atom. The molecule has 12 heteroatoms. The molecule has 0 aliphatic carbocycles. The Balaban J connectivity index is 0.000000647. The molecule has 0 spiro atoms. The van der Waals surface area contributed by atoms with Gasteiger partial charge in [-0.3, -0.25) is 27.6 Å². The third-order valence-corrected chi connectivity index (χ3v) is 7.54. The number of hydrogen-bond donors (Lipinski definition) is 4. The molecule has 0 atom stereocenters. The van der Waals surface area contributed by atoms with Crippen LogP contribution in [0.25, 0.3) is 0 Å². The molecule has 0 aliphatic rings. The first kappa shape index (κ1) is 35.8. The van der Waals surface area contributed by atoms with E-state index in [1.54, 1.807) is 49.3 Å². The number of H-pyrrole nitrogens is 4. The Hall–Kier alpha value is -4.68. The standard InChI is InChI=1S/C30H26N4O4.2C2H6OS/c1-29(25-11-7-21(15-35)31-25,26-12-8-22(16-36)32-26)19-3-5-20(6-4-19)30(2,27-13-9-23(17-37)33-27)28-14-10-24(18-38)34-28;2*1-4(2)3/h3-18,31-34H,1-2H3;2*1-2H3. The number of aldehydes is 4. The van der Waals surface area contributed by atoms with E-state index in [0.29, 0.717) is 22.8 Å². The number of hydrogen-bond acceptors (Lipinski definition) is 6. The highest BCUT2D eigenvalue weighted by Gasteiger charge is 2.37. The zero-order valence-electron chi connectivity index (χ0n) is 26.5. The van der Waals surface area contributed by atoms with Gasteiger partial charge in [0.05, 0.1) is 33.6 Å². The molecular formula is C34H38N4O6S2. The molecule has 4 N–H and O–H groups in total. The Bertz CT molecular complexity index is 1610. The molecule has 5 rings (SSSR count). The Morgan fingerprint density at radius 2 is 0.630 bits per heavy atom. The third kappa shape index (κ3) is 7.93. The Kier molecular flexibility index (Phi) is 12.1. The maximum Gasteiger partial charge on any atom is 0.166 e. The van der Waals surface area contributed by atoms with Gasteiger partial charge in [-0.25, -0.2) is 0 Å². The normalized spacial score (nSPS) is 11.3. The summed E-state index contributed by atoms with van der Waals surface area (Å²) in [6.07, 6.45) is 9.60. The van der Waals surface area contributed by atoms with Crippen molar-refractivity contribution in [3.05, 3.63) is 129 Å². The number of carbonyl (C=O) groups excluding carboxylic acids is 4. The summed E-state index contributed by atoms with van der Waals surface area (Å²) in [6.45, 7) is 4.04. The molecular weight excluding hydrogens is 625 g/mol. The topological polar surface area (TPSA) is 166 Å². The van der Waals surface area contributed by atoms with Crippen LogP contribution in [0.3, 0.4) is 0 Å². The van der Waals surface area contributed by atoms with Gasteiger partial charge >= 0.3 is 0 Å². The molecule has 0 bridgehead atoms. The van der Waals surface area contributed by atoms with Crippen LogP contribution in [0.15, 0.2) is 72.8 Å². The van der Waals surface area contributed by atoms with E-state index in [1.165, 1.54) is 0 Å². The molecule has 0 radical (unpaired) electrons. The van der Waals surface area contributed by atoms with E-state index in [-0.39, 0.29) is 0 Å². The molecule has 46 heavy (non-hydrogen) atoms. The van der Waals surface area contributed by atoms with E-state index in [0.717, 1.165) is 59.0 Å². The molecule has 0 fully saturated rings. The number of rotatable bonds is 10. The molecule has 242 valence electrons. The van der Waals surface area contributed by atoms with Crippen molar-refractivity contribution in [3.8, 4) is 0 Å². The molecule has 10 nitrogen and oxygen atoms in total. The largest absolute Gasteiger partial charge is 0.355 e. The third-order valence-electron chi connectivity index (χ3n) is 7.54. The Labute approximate surface area is 272 Å². The predicted molar refractivity (Wildman–Crippen MR) is 182 cm³/mol. The van der Waals surface area contributed by atoms with Crippen molar-refractivity contribution >= 4 is 46.7 Å². The summed E-state index contributed by atoms with van der Waals surface area (Å²) in [5, 5.41) is 0. The molecule has 0 amide bonds. The van der Waals surface area contributed by atoms with Crippen LogP contribution in [0.1, 0.15) is 89.7 Å². The summed E-state index contributed by atoms with van der Waals surface area (Å²) < 4.78 is 19.1. The Morgan fingerprint density at radius 3 is 0.783 bits per heavy atom. The fraction of sp³-hybridized carbons (Fsp3) is 0.235. The smallest absolute Gasteiger partial charge is 0.166 e. The number of aromatic nitrogens is 4. The zero-order chi connectivity index (χ0) is 34.1. The fourth-order valence-electron chi connectivity index (χ4n) is 5.14. The van der Waals surface area contributed by atoms with Crippen molar-refractivity contribution in [1.29, 1.82) is 0 Å². The monoisotopic (exact) mass is 662 g/mol. The van der Waals surface area contributed by atoms with Gasteiger partial charge in [0.2, 0.25) is 0 Å². The minimum Gasteiger partial charge on any atom is -0.355 e. The van der Waals surface area contributed by atoms with Crippen molar-refractivity contribution in [3.63, 3.8) is 0 Å². The van der Waals surface area contributed by atoms with Crippen LogP contribution < -0.4 is 0 Å². The molecule has 4 heterocycles. The van der Waals surface area contributed by atoms with Crippen molar-refractivity contribution in [2.45, 2.75) is 24.7 Å². The summed E-state index contributed by atoms with van der Waals surface area (Å²) in [4.78, 5) is 58.4. The second-order valence-corrected chi connectivity index (χ2v) is 14.1. The summed E-state index contributed by atoms with van der Waals surface area (Å²) in [6, 6.07) is 22.4. The predicted octanol–water partition coefficient (Wildman–Crippen LogP) is 4.95. The first-order valence-electron chi connectivity index (χ1n) is 14.0. The molecule has 0 unspecified atom stereocenters. The van der Waals surface area contributed by atoms with Gasteiger partial charge in [0.1, 0.15) is 0 Å². The van der Waals surface area contributed by atoms with Crippen molar-refractivity contribution in [2.24, 2.45) is 0 Å². The highest BCUT2D eigenvalue weighted by molar-refractivity contribution is 7.83. The molecule has 0 aliphatic heterocycles. The lowest BCUT2D eigenvalue weighted by Gasteiger charge is -2.32. The van der Waals surface area contributed by atoms with E-state index in [1.807, 2.05) is 62.4 Å². The average molecular weight is 663 g/mol. The molecule has 5 aromatic rings. The fourth-order valence-corrected chi connectivity index (χ4v) is 5.14. The van der Waals surface area contributed by atoms with Crippen LogP contribution in [-0.2, 0) is 32.4 Å². The van der Waals surface area contributed by atoms with Crippen LogP contribution in [0.5, 0.6) is 0 Å². The van der Waals surface area contributed by atoms with Gasteiger partial charge in [-0.2, -0.15) is 0 Å². The van der Waals surface area contributed by atoms with Crippen LogP contribution >= 0.6 is 0 Å². The van der Waals surface area contributed by atoms with E-state index in [4.69, 9.17) is 0 Å². The van der Waals surface area contributed by atoms with E-state index in [9.17, 15) is 27.6 Å². The van der Waals surface area contributed by atoms with Crippen LogP contribution in [0.2, 0.25) is 0 Å².